The van der Waals surface area contributed by atoms with Gasteiger partial charge >= 0.3 is 6.09 Å². The molecule has 1 saturated carbocycles. The predicted octanol–water partition coefficient (Wildman–Crippen LogP) is 2.30. The van der Waals surface area contributed by atoms with E-state index in [1.54, 1.807) is 0 Å². The van der Waals surface area contributed by atoms with E-state index in [4.69, 9.17) is 10.5 Å². The molecule has 13 heavy (non-hydrogen) atoms. The molecule has 1 fully saturated rings. The fourth-order valence-electron chi connectivity index (χ4n) is 2.51. The second-order valence-electron chi connectivity index (χ2n) is 4.97. The molecule has 2 atom stereocenters. The summed E-state index contributed by atoms with van der Waals surface area (Å²) in [6.45, 7) is 6.61. The van der Waals surface area contributed by atoms with Gasteiger partial charge in [0.15, 0.2) is 0 Å². The number of hydrogen-bond acceptors (Lipinski definition) is 2. The second kappa shape index (κ2) is 3.56. The van der Waals surface area contributed by atoms with Crippen molar-refractivity contribution in [2.24, 2.45) is 17.1 Å². The highest BCUT2D eigenvalue weighted by atomic mass is 16.6. The van der Waals surface area contributed by atoms with Crippen LogP contribution in [0.25, 0.3) is 0 Å². The molecule has 0 spiro atoms. The van der Waals surface area contributed by atoms with Crippen LogP contribution in [0.1, 0.15) is 40.0 Å². The lowest BCUT2D eigenvalue weighted by molar-refractivity contribution is 0.0230. The highest BCUT2D eigenvalue weighted by Crippen LogP contribution is 2.39. The first kappa shape index (κ1) is 10.4. The molecule has 3 nitrogen and oxygen atoms in total. The minimum atomic E-state index is -0.644. The van der Waals surface area contributed by atoms with Gasteiger partial charge in [0.2, 0.25) is 0 Å². The van der Waals surface area contributed by atoms with Crippen molar-refractivity contribution in [1.82, 2.24) is 0 Å². The first-order valence-electron chi connectivity index (χ1n) is 4.85. The quantitative estimate of drug-likeness (QED) is 0.681. The standard InChI is InChI=1S/C10H19NO2/c1-7-4-8(13-9(11)12)6-10(2,3)5-7/h7-8H,4-6H2,1-3H3,(H2,11,12). The summed E-state index contributed by atoms with van der Waals surface area (Å²) in [6, 6.07) is 0. The Hall–Kier alpha value is -0.730. The van der Waals surface area contributed by atoms with Crippen molar-refractivity contribution in [3.63, 3.8) is 0 Å². The lowest BCUT2D eigenvalue weighted by Crippen LogP contribution is -2.35. The SMILES string of the molecule is CC1CC(OC(N)=O)CC(C)(C)C1. The largest absolute Gasteiger partial charge is 0.446 e. The number of carbonyl (C=O) groups is 1. The average Bonchev–Trinajstić information content (AvgIpc) is 1.78. The van der Waals surface area contributed by atoms with E-state index < -0.39 is 6.09 Å². The number of nitrogens with two attached hydrogens (primary N) is 1. The van der Waals surface area contributed by atoms with Gasteiger partial charge in [-0.3, -0.25) is 0 Å². The third-order valence-electron chi connectivity index (χ3n) is 2.63. The summed E-state index contributed by atoms with van der Waals surface area (Å²) >= 11 is 0. The Labute approximate surface area is 79.6 Å². The highest BCUT2D eigenvalue weighted by Gasteiger charge is 2.33. The Morgan fingerprint density at radius 3 is 2.54 bits per heavy atom. The van der Waals surface area contributed by atoms with E-state index in [1.807, 2.05) is 0 Å². The smallest absolute Gasteiger partial charge is 0.404 e. The van der Waals surface area contributed by atoms with Crippen LogP contribution in [0.5, 0.6) is 0 Å². The van der Waals surface area contributed by atoms with Crippen LogP contribution in [0, 0.1) is 11.3 Å². The van der Waals surface area contributed by atoms with Crippen LogP contribution in [0.15, 0.2) is 0 Å². The van der Waals surface area contributed by atoms with E-state index in [2.05, 4.69) is 20.8 Å². The van der Waals surface area contributed by atoms with Crippen LogP contribution in [0.4, 0.5) is 4.79 Å². The summed E-state index contributed by atoms with van der Waals surface area (Å²) in [5, 5.41) is 0. The molecule has 1 aliphatic carbocycles. The van der Waals surface area contributed by atoms with E-state index >= 15 is 0 Å². The van der Waals surface area contributed by atoms with Crippen molar-refractivity contribution < 1.29 is 9.53 Å². The van der Waals surface area contributed by atoms with Crippen molar-refractivity contribution in [2.75, 3.05) is 0 Å². The number of primary amides is 1. The van der Waals surface area contributed by atoms with Gasteiger partial charge in [-0.2, -0.15) is 0 Å². The molecule has 0 heterocycles. The van der Waals surface area contributed by atoms with E-state index in [1.165, 1.54) is 6.42 Å². The van der Waals surface area contributed by atoms with Crippen molar-refractivity contribution in [3.05, 3.63) is 0 Å². The molecule has 2 unspecified atom stereocenters. The fraction of sp³-hybridized carbons (Fsp3) is 0.900. The topological polar surface area (TPSA) is 52.3 Å². The number of rotatable bonds is 1. The first-order valence-corrected chi connectivity index (χ1v) is 4.85. The monoisotopic (exact) mass is 185 g/mol. The van der Waals surface area contributed by atoms with Gasteiger partial charge in [0.05, 0.1) is 0 Å². The summed E-state index contributed by atoms with van der Waals surface area (Å²) < 4.78 is 5.04. The molecule has 1 rings (SSSR count). The highest BCUT2D eigenvalue weighted by molar-refractivity contribution is 5.64. The summed E-state index contributed by atoms with van der Waals surface area (Å²) in [7, 11) is 0. The maximum atomic E-state index is 10.6. The molecule has 0 saturated heterocycles. The Balaban J connectivity index is 2.52. The minimum Gasteiger partial charge on any atom is -0.446 e. The van der Waals surface area contributed by atoms with Gasteiger partial charge in [-0.15, -0.1) is 0 Å². The zero-order valence-electron chi connectivity index (χ0n) is 8.67. The Morgan fingerprint density at radius 1 is 1.46 bits per heavy atom. The van der Waals surface area contributed by atoms with Crippen LogP contribution in [-0.4, -0.2) is 12.2 Å². The normalized spacial score (nSPS) is 32.5. The molecule has 0 radical (unpaired) electrons. The lowest BCUT2D eigenvalue weighted by Gasteiger charge is -2.38. The summed E-state index contributed by atoms with van der Waals surface area (Å²) in [4.78, 5) is 10.6. The molecule has 0 aromatic carbocycles. The van der Waals surface area contributed by atoms with Crippen LogP contribution in [0.3, 0.4) is 0 Å². The second-order valence-corrected chi connectivity index (χ2v) is 4.97. The Bertz CT molecular complexity index is 201. The summed E-state index contributed by atoms with van der Waals surface area (Å²) in [5.41, 5.74) is 5.27. The van der Waals surface area contributed by atoms with E-state index in [0.717, 1.165) is 12.8 Å². The fourth-order valence-corrected chi connectivity index (χ4v) is 2.51. The van der Waals surface area contributed by atoms with Gasteiger partial charge in [0.1, 0.15) is 6.10 Å². The number of ether oxygens (including phenoxy) is 1. The lowest BCUT2D eigenvalue weighted by atomic mass is 9.71. The van der Waals surface area contributed by atoms with Crippen LogP contribution >= 0.6 is 0 Å². The van der Waals surface area contributed by atoms with Gasteiger partial charge in [0.25, 0.3) is 0 Å². The van der Waals surface area contributed by atoms with Gasteiger partial charge in [-0.25, -0.2) is 4.79 Å². The number of hydrogen-bond donors (Lipinski definition) is 1. The third-order valence-corrected chi connectivity index (χ3v) is 2.63. The minimum absolute atomic E-state index is 0.0243. The maximum Gasteiger partial charge on any atom is 0.404 e. The molecular weight excluding hydrogens is 166 g/mol. The molecule has 76 valence electrons. The van der Waals surface area contributed by atoms with Crippen LogP contribution in [0.2, 0.25) is 0 Å². The molecule has 1 amide bonds. The maximum absolute atomic E-state index is 10.6. The molecule has 3 heteroatoms. The van der Waals surface area contributed by atoms with Gasteiger partial charge in [-0.05, 0) is 30.6 Å². The zero-order chi connectivity index (χ0) is 10.1. The van der Waals surface area contributed by atoms with Gasteiger partial charge in [-0.1, -0.05) is 20.8 Å². The average molecular weight is 185 g/mol. The third kappa shape index (κ3) is 3.25. The van der Waals surface area contributed by atoms with Gasteiger partial charge in [0, 0.05) is 0 Å². The molecule has 0 bridgehead atoms. The number of amides is 1. The molecule has 2 N–H and O–H groups in total. The molecule has 1 aliphatic rings. The number of carbonyl (C=O) groups excluding carboxylic acids is 1. The molecule has 0 aromatic heterocycles. The van der Waals surface area contributed by atoms with E-state index in [9.17, 15) is 4.79 Å². The Kier molecular flexibility index (Phi) is 2.84. The van der Waals surface area contributed by atoms with Crippen molar-refractivity contribution in [3.8, 4) is 0 Å². The molecule has 0 aromatic rings. The summed E-state index contributed by atoms with van der Waals surface area (Å²) in [6.07, 6.45) is 2.46. The zero-order valence-corrected chi connectivity index (χ0v) is 8.67. The summed E-state index contributed by atoms with van der Waals surface area (Å²) in [5.74, 6) is 0.619. The van der Waals surface area contributed by atoms with E-state index in [-0.39, 0.29) is 11.5 Å². The van der Waals surface area contributed by atoms with Gasteiger partial charge < -0.3 is 10.5 Å². The first-order chi connectivity index (χ1) is 5.89. The van der Waals surface area contributed by atoms with Crippen molar-refractivity contribution >= 4 is 6.09 Å². The molecular formula is C10H19NO2. The Morgan fingerprint density at radius 2 is 2.08 bits per heavy atom. The van der Waals surface area contributed by atoms with E-state index in [0.29, 0.717) is 5.92 Å². The molecule has 0 aliphatic heterocycles. The van der Waals surface area contributed by atoms with Crippen LogP contribution in [-0.2, 0) is 4.74 Å². The van der Waals surface area contributed by atoms with Crippen molar-refractivity contribution in [2.45, 2.75) is 46.1 Å². The predicted molar refractivity (Wildman–Crippen MR) is 51.3 cm³/mol. The van der Waals surface area contributed by atoms with Crippen molar-refractivity contribution in [1.29, 1.82) is 0 Å². The van der Waals surface area contributed by atoms with Crippen LogP contribution < -0.4 is 5.73 Å².